The van der Waals surface area contributed by atoms with E-state index in [4.69, 9.17) is 0 Å². The van der Waals surface area contributed by atoms with Crippen molar-refractivity contribution in [2.45, 2.75) is 6.92 Å². The first-order valence-electron chi connectivity index (χ1n) is 8.61. The molecule has 0 saturated heterocycles. The van der Waals surface area contributed by atoms with Crippen molar-refractivity contribution in [3.05, 3.63) is 80.7 Å². The van der Waals surface area contributed by atoms with E-state index in [0.717, 1.165) is 11.6 Å². The van der Waals surface area contributed by atoms with Gasteiger partial charge in [0.1, 0.15) is 16.8 Å². The summed E-state index contributed by atoms with van der Waals surface area (Å²) in [5.74, 6) is -0.783. The molecule has 0 aliphatic heterocycles. The van der Waals surface area contributed by atoms with E-state index in [1.54, 1.807) is 29.7 Å². The van der Waals surface area contributed by atoms with Crippen LogP contribution in [0, 0.1) is 34.2 Å². The average Bonchev–Trinajstić information content (AvgIpc) is 3.28. The summed E-state index contributed by atoms with van der Waals surface area (Å²) < 4.78 is 14.9. The molecule has 2 aromatic heterocycles. The number of thiazole rings is 1. The molecule has 148 valence electrons. The molecular formula is C20H12FN5O3S. The number of imidazole rings is 1. The highest BCUT2D eigenvalue weighted by atomic mass is 32.1. The number of carbonyl (C=O) groups excluding carboxylic acids is 1. The van der Waals surface area contributed by atoms with Gasteiger partial charge in [0.15, 0.2) is 4.96 Å². The summed E-state index contributed by atoms with van der Waals surface area (Å²) in [6.07, 6.45) is 1.76. The molecule has 1 N–H and O–H groups in total. The molecule has 0 atom stereocenters. The van der Waals surface area contributed by atoms with Crippen LogP contribution >= 0.6 is 11.3 Å². The number of nitro groups is 1. The van der Waals surface area contributed by atoms with E-state index in [9.17, 15) is 24.6 Å². The van der Waals surface area contributed by atoms with Crippen LogP contribution in [0.1, 0.15) is 20.9 Å². The third kappa shape index (κ3) is 3.38. The minimum atomic E-state index is -0.608. The van der Waals surface area contributed by atoms with Gasteiger partial charge in [-0.15, -0.1) is 0 Å². The third-order valence-electron chi connectivity index (χ3n) is 4.49. The van der Waals surface area contributed by atoms with E-state index < -0.39 is 10.8 Å². The maximum atomic E-state index is 13.1. The highest BCUT2D eigenvalue weighted by molar-refractivity contribution is 7.19. The van der Waals surface area contributed by atoms with Gasteiger partial charge in [-0.25, -0.2) is 9.37 Å². The van der Waals surface area contributed by atoms with E-state index >= 15 is 0 Å². The minimum absolute atomic E-state index is 0.00451. The predicted octanol–water partition coefficient (Wildman–Crippen LogP) is 4.54. The SMILES string of the molecule is Cc1c(C(=O)Nc2ccc([N+](=O)[O-])cc2C#N)sc2nc(-c3ccc(F)cc3)cn12. The number of carbonyl (C=O) groups is 1. The number of aromatic nitrogens is 2. The summed E-state index contributed by atoms with van der Waals surface area (Å²) in [6, 6.07) is 11.5. The number of fused-ring (bicyclic) bond motifs is 1. The fourth-order valence-electron chi connectivity index (χ4n) is 2.95. The molecule has 4 aromatic rings. The van der Waals surface area contributed by atoms with Gasteiger partial charge in [0.2, 0.25) is 0 Å². The summed E-state index contributed by atoms with van der Waals surface area (Å²) in [6.45, 7) is 1.76. The molecular weight excluding hydrogens is 409 g/mol. The Balaban J connectivity index is 1.64. The predicted molar refractivity (Wildman–Crippen MR) is 109 cm³/mol. The first kappa shape index (κ1) is 19.2. The van der Waals surface area contributed by atoms with Gasteiger partial charge >= 0.3 is 0 Å². The van der Waals surface area contributed by atoms with Gasteiger partial charge in [-0.1, -0.05) is 11.3 Å². The van der Waals surface area contributed by atoms with E-state index in [2.05, 4.69) is 10.3 Å². The molecule has 0 spiro atoms. The van der Waals surface area contributed by atoms with E-state index in [1.165, 1.54) is 35.6 Å². The van der Waals surface area contributed by atoms with E-state index in [0.29, 0.717) is 21.2 Å². The van der Waals surface area contributed by atoms with Gasteiger partial charge in [0.25, 0.3) is 11.6 Å². The smallest absolute Gasteiger partial charge is 0.270 e. The van der Waals surface area contributed by atoms with Crippen LogP contribution in [0.25, 0.3) is 16.2 Å². The van der Waals surface area contributed by atoms with Crippen LogP contribution in [0.2, 0.25) is 0 Å². The molecule has 2 aromatic carbocycles. The number of hydrogen-bond acceptors (Lipinski definition) is 6. The molecule has 1 amide bonds. The van der Waals surface area contributed by atoms with Crippen LogP contribution in [0.15, 0.2) is 48.7 Å². The molecule has 0 saturated carbocycles. The zero-order valence-electron chi connectivity index (χ0n) is 15.4. The lowest BCUT2D eigenvalue weighted by atomic mass is 10.1. The molecule has 0 fully saturated rings. The Labute approximate surface area is 173 Å². The molecule has 0 radical (unpaired) electrons. The number of amides is 1. The van der Waals surface area contributed by atoms with E-state index in [-0.39, 0.29) is 22.8 Å². The second-order valence-corrected chi connectivity index (χ2v) is 7.33. The highest BCUT2D eigenvalue weighted by Gasteiger charge is 2.20. The lowest BCUT2D eigenvalue weighted by Gasteiger charge is -2.06. The number of nitrogens with zero attached hydrogens (tertiary/aromatic N) is 4. The monoisotopic (exact) mass is 421 g/mol. The number of hydrogen-bond donors (Lipinski definition) is 1. The Hall–Kier alpha value is -4.10. The zero-order chi connectivity index (χ0) is 21.4. The summed E-state index contributed by atoms with van der Waals surface area (Å²) in [4.78, 5) is 28.5. The van der Waals surface area contributed by atoms with Crippen molar-refractivity contribution in [2.75, 3.05) is 5.32 Å². The number of non-ortho nitro benzene ring substituents is 1. The first-order chi connectivity index (χ1) is 14.4. The standard InChI is InChI=1S/C20H12FN5O3S/c1-11-18(19(27)23-16-7-6-15(26(28)29)8-13(16)9-22)30-20-24-17(10-25(11)20)12-2-4-14(21)5-3-12/h2-8,10H,1H3,(H,23,27). The molecule has 4 rings (SSSR count). The van der Waals surface area contributed by atoms with Crippen molar-refractivity contribution < 1.29 is 14.1 Å². The summed E-state index contributed by atoms with van der Waals surface area (Å²) >= 11 is 1.17. The fraction of sp³-hybridized carbons (Fsp3) is 0.0500. The number of nitriles is 1. The molecule has 30 heavy (non-hydrogen) atoms. The van der Waals surface area contributed by atoms with Crippen LogP contribution in [-0.4, -0.2) is 20.2 Å². The Bertz CT molecular complexity index is 1350. The van der Waals surface area contributed by atoms with Crippen LogP contribution in [0.4, 0.5) is 15.8 Å². The second-order valence-electron chi connectivity index (χ2n) is 6.36. The lowest BCUT2D eigenvalue weighted by Crippen LogP contribution is -2.13. The summed E-state index contributed by atoms with van der Waals surface area (Å²) in [5, 5.41) is 22.7. The number of nitrogens with one attached hydrogen (secondary N) is 1. The minimum Gasteiger partial charge on any atom is -0.320 e. The molecule has 0 aliphatic carbocycles. The van der Waals surface area contributed by atoms with Gasteiger partial charge in [0.05, 0.1) is 21.9 Å². The van der Waals surface area contributed by atoms with Gasteiger partial charge < -0.3 is 5.32 Å². The van der Waals surface area contributed by atoms with Crippen molar-refractivity contribution in [2.24, 2.45) is 0 Å². The lowest BCUT2D eigenvalue weighted by molar-refractivity contribution is -0.384. The zero-order valence-corrected chi connectivity index (χ0v) is 16.2. The topological polar surface area (TPSA) is 113 Å². The average molecular weight is 421 g/mol. The number of rotatable bonds is 4. The number of benzene rings is 2. The molecule has 2 heterocycles. The first-order valence-corrected chi connectivity index (χ1v) is 9.43. The molecule has 0 aliphatic rings. The second kappa shape index (κ2) is 7.38. The van der Waals surface area contributed by atoms with Crippen molar-refractivity contribution in [3.63, 3.8) is 0 Å². The maximum Gasteiger partial charge on any atom is 0.270 e. The quantitative estimate of drug-likeness (QED) is 0.384. The van der Waals surface area contributed by atoms with Gasteiger partial charge in [-0.2, -0.15) is 5.26 Å². The van der Waals surface area contributed by atoms with Crippen molar-refractivity contribution in [1.82, 2.24) is 9.38 Å². The van der Waals surface area contributed by atoms with Crippen LogP contribution < -0.4 is 5.32 Å². The molecule has 0 bridgehead atoms. The fourth-order valence-corrected chi connectivity index (χ4v) is 3.95. The third-order valence-corrected chi connectivity index (χ3v) is 5.64. The Morgan fingerprint density at radius 1 is 1.30 bits per heavy atom. The summed E-state index contributed by atoms with van der Waals surface area (Å²) in [5.41, 5.74) is 2.00. The number of nitro benzene ring substituents is 1. The van der Waals surface area contributed by atoms with Crippen LogP contribution in [-0.2, 0) is 0 Å². The Morgan fingerprint density at radius 3 is 2.67 bits per heavy atom. The highest BCUT2D eigenvalue weighted by Crippen LogP contribution is 2.29. The van der Waals surface area contributed by atoms with E-state index in [1.807, 2.05) is 6.07 Å². The largest absolute Gasteiger partial charge is 0.320 e. The molecule has 10 heteroatoms. The van der Waals surface area contributed by atoms with Gasteiger partial charge in [-0.05, 0) is 37.3 Å². The normalized spacial score (nSPS) is 10.7. The summed E-state index contributed by atoms with van der Waals surface area (Å²) in [7, 11) is 0. The Morgan fingerprint density at radius 2 is 2.03 bits per heavy atom. The van der Waals surface area contributed by atoms with Gasteiger partial charge in [-0.3, -0.25) is 19.3 Å². The number of halogens is 1. The van der Waals surface area contributed by atoms with Crippen molar-refractivity contribution in [1.29, 1.82) is 5.26 Å². The number of aryl methyl sites for hydroxylation is 1. The molecule has 0 unspecified atom stereocenters. The number of anilines is 1. The van der Waals surface area contributed by atoms with Gasteiger partial charge in [0, 0.05) is 29.6 Å². The Kier molecular flexibility index (Phi) is 4.73. The van der Waals surface area contributed by atoms with Crippen molar-refractivity contribution in [3.8, 4) is 17.3 Å². The molecule has 8 nitrogen and oxygen atoms in total. The van der Waals surface area contributed by atoms with Crippen LogP contribution in [0.5, 0.6) is 0 Å². The van der Waals surface area contributed by atoms with Crippen LogP contribution in [0.3, 0.4) is 0 Å². The van der Waals surface area contributed by atoms with Crippen molar-refractivity contribution >= 4 is 33.6 Å². The maximum absolute atomic E-state index is 13.1.